The van der Waals surface area contributed by atoms with Crippen LogP contribution in [0.15, 0.2) is 89.8 Å². The van der Waals surface area contributed by atoms with Gasteiger partial charge in [-0.25, -0.2) is 8.42 Å². The van der Waals surface area contributed by atoms with Gasteiger partial charge in [-0.1, -0.05) is 24.3 Å². The number of nitrogens with one attached hydrogen (secondary N) is 1. The van der Waals surface area contributed by atoms with Gasteiger partial charge >= 0.3 is 0 Å². The Morgan fingerprint density at radius 2 is 1.03 bits per heavy atom. The van der Waals surface area contributed by atoms with E-state index < -0.39 is 10.0 Å². The highest BCUT2D eigenvalue weighted by molar-refractivity contribution is 7.89. The van der Waals surface area contributed by atoms with Crippen LogP contribution in [-0.4, -0.2) is 199 Å². The van der Waals surface area contributed by atoms with Crippen LogP contribution in [0.5, 0.6) is 5.75 Å². The summed E-state index contributed by atoms with van der Waals surface area (Å²) in [5.74, 6) is 0.464. The van der Waals surface area contributed by atoms with E-state index in [2.05, 4.69) is 131 Å². The number of halogens is 1. The second-order valence-electron chi connectivity index (χ2n) is 20.8. The minimum atomic E-state index is -3.70. The number of amides is 1. The molecule has 3 fully saturated rings. The Bertz CT molecular complexity index is 2400. The normalized spacial score (nSPS) is 15.5. The molecule has 3 saturated heterocycles. The van der Waals surface area contributed by atoms with Gasteiger partial charge in [0.2, 0.25) is 15.9 Å². The van der Waals surface area contributed by atoms with Crippen molar-refractivity contribution in [1.82, 2.24) is 29.2 Å². The van der Waals surface area contributed by atoms with E-state index in [1.807, 2.05) is 31.3 Å². The largest absolute Gasteiger partial charge is 0.497 e. The molecule has 0 aromatic heterocycles. The molecule has 1 amide bonds. The molecule has 7 rings (SSSR count). The molecule has 3 N–H and O–H groups in total. The maximum absolute atomic E-state index is 13.1. The molecule has 0 saturated carbocycles. The van der Waals surface area contributed by atoms with E-state index in [0.717, 1.165) is 69.0 Å². The zero-order chi connectivity index (χ0) is 56.0. The first-order valence-corrected chi connectivity index (χ1v) is 28.4. The second-order valence-corrected chi connectivity index (χ2v) is 22.8. The summed E-state index contributed by atoms with van der Waals surface area (Å²) in [5, 5.41) is 3.18. The lowest BCUT2D eigenvalue weighted by atomic mass is 10.0. The highest BCUT2D eigenvalue weighted by atomic mass is 35.5. The number of hydrogen-bond acceptors (Lipinski definition) is 14. The topological polar surface area (TPSA) is 151 Å². The zero-order valence-electron chi connectivity index (χ0n) is 48.8. The molecule has 0 radical (unpaired) electrons. The van der Waals surface area contributed by atoms with E-state index in [1.165, 1.54) is 79.8 Å². The van der Waals surface area contributed by atoms with Crippen molar-refractivity contribution in [3.05, 3.63) is 113 Å². The Morgan fingerprint density at radius 1 is 0.649 bits per heavy atom. The number of nitrogens with zero attached hydrogens (tertiary/aromatic N) is 8. The van der Waals surface area contributed by atoms with Gasteiger partial charge in [0.1, 0.15) is 18.6 Å². The van der Waals surface area contributed by atoms with Gasteiger partial charge in [0.05, 0.1) is 18.6 Å². The third-order valence-corrected chi connectivity index (χ3v) is 17.1. The number of sulfonamides is 1. The number of methoxy groups -OCH3 is 1. The van der Waals surface area contributed by atoms with Gasteiger partial charge in [0.15, 0.2) is 0 Å². The quantitative estimate of drug-likeness (QED) is 0.0726. The summed E-state index contributed by atoms with van der Waals surface area (Å²) in [4.78, 5) is 39.4. The average molecular weight is 1110 g/mol. The minimum absolute atomic E-state index is 0. The molecule has 18 heteroatoms. The van der Waals surface area contributed by atoms with Crippen LogP contribution in [0.2, 0.25) is 0 Å². The Morgan fingerprint density at radius 3 is 1.38 bits per heavy atom. The van der Waals surface area contributed by atoms with Crippen LogP contribution in [0.1, 0.15) is 71.1 Å². The predicted molar refractivity (Wildman–Crippen MR) is 321 cm³/mol. The molecule has 0 aliphatic carbocycles. The van der Waals surface area contributed by atoms with Gasteiger partial charge in [-0.3, -0.25) is 9.59 Å². The van der Waals surface area contributed by atoms with Crippen molar-refractivity contribution < 1.29 is 27.5 Å². The van der Waals surface area contributed by atoms with Crippen LogP contribution in [0.4, 0.5) is 17.1 Å². The van der Waals surface area contributed by atoms with Crippen molar-refractivity contribution in [2.24, 2.45) is 5.73 Å². The van der Waals surface area contributed by atoms with Gasteiger partial charge in [-0.2, -0.15) is 4.31 Å². The summed E-state index contributed by atoms with van der Waals surface area (Å²) in [6.07, 6.45) is 8.17. The first-order valence-electron chi connectivity index (χ1n) is 27.0. The fourth-order valence-corrected chi connectivity index (χ4v) is 11.6. The van der Waals surface area contributed by atoms with Crippen LogP contribution in [0.25, 0.3) is 0 Å². The van der Waals surface area contributed by atoms with Gasteiger partial charge in [0, 0.05) is 114 Å². The zero-order valence-corrected chi connectivity index (χ0v) is 50.5. The third-order valence-electron chi connectivity index (χ3n) is 14.9. The van der Waals surface area contributed by atoms with E-state index in [0.29, 0.717) is 35.5 Å². The van der Waals surface area contributed by atoms with Crippen molar-refractivity contribution in [1.29, 1.82) is 0 Å². The fourth-order valence-electron chi connectivity index (χ4n) is 10.1. The number of rotatable bonds is 19. The Balaban J connectivity index is 0.000000339. The number of benzene rings is 4. The second kappa shape index (κ2) is 33.6. The molecule has 0 spiro atoms. The van der Waals surface area contributed by atoms with Gasteiger partial charge in [0.25, 0.3) is 0 Å². The fraction of sp³-hybridized carbons (Fsp3) is 0.559. The number of aryl methyl sites for hydroxylation is 2. The number of ether oxygens (including phenoxy) is 2. The van der Waals surface area contributed by atoms with E-state index in [9.17, 15) is 18.0 Å². The predicted octanol–water partition coefficient (Wildman–Crippen LogP) is 7.10. The van der Waals surface area contributed by atoms with E-state index in [4.69, 9.17) is 9.47 Å². The highest BCUT2D eigenvalue weighted by Gasteiger charge is 2.27. The lowest BCUT2D eigenvalue weighted by Crippen LogP contribution is -2.41. The molecule has 0 unspecified atom stereocenters. The standard InChI is InChI=1S/C29H44N4O5S.C15H25N3.C14H20N2O.CH5N.ClH/c1-22-18-27(37-7)19-23(2)29(22)39(35,36)32(6)16-17-38-21-28(34)31(5)20-24-8-10-26(11-9-24)33-14-12-25(13-15-33)30(3)4;1-16-12-13-4-6-15(7-5-13)18-10-8-14(9-11-18)17(2)3;1-15(2)13-7-9-16(10-8-13)14-5-3-12(11-17)4-6-14;1-2;/h8-11,18-19,25H,12-17,20-21H2,1-7H3;4-7,14,16H,8-12H2,1-3H3;3-6,11,13H,7-10H2,1-2H3;2H2,1H3;1H. The summed E-state index contributed by atoms with van der Waals surface area (Å²) in [6, 6.07) is 30.7. The van der Waals surface area contributed by atoms with Gasteiger partial charge < -0.3 is 54.8 Å². The van der Waals surface area contributed by atoms with Crippen molar-refractivity contribution >= 4 is 51.7 Å². The lowest BCUT2D eigenvalue weighted by Gasteiger charge is -2.36. The van der Waals surface area contributed by atoms with Crippen LogP contribution < -0.4 is 30.5 Å². The van der Waals surface area contributed by atoms with Crippen LogP contribution in [-0.2, 0) is 32.6 Å². The molecule has 3 aliphatic heterocycles. The minimum Gasteiger partial charge on any atom is -0.497 e. The third kappa shape index (κ3) is 20.4. The van der Waals surface area contributed by atoms with Crippen LogP contribution >= 0.6 is 12.4 Å². The number of aldehydes is 1. The van der Waals surface area contributed by atoms with E-state index >= 15 is 0 Å². The van der Waals surface area contributed by atoms with E-state index in [-0.39, 0.29) is 43.0 Å². The van der Waals surface area contributed by atoms with Crippen molar-refractivity contribution in [3.63, 3.8) is 0 Å². The first kappa shape index (κ1) is 66.5. The number of carbonyl (C=O) groups is 2. The monoisotopic (exact) mass is 1110 g/mol. The SMILES string of the molecule is CN.CN(C)C1CCN(c2ccc(C=O)cc2)CC1.CNCc1ccc(N2CCC(N(C)C)CC2)cc1.COc1cc(C)c(S(=O)(=O)N(C)CCOCC(=O)N(C)Cc2ccc(N3CCC(N(C)C)CC3)cc2)c(C)c1.Cl. The first-order chi connectivity index (χ1) is 36.3. The molecule has 4 aromatic carbocycles. The summed E-state index contributed by atoms with van der Waals surface area (Å²) >= 11 is 0. The molecule has 3 heterocycles. The van der Waals surface area contributed by atoms with Crippen molar-refractivity contribution in [2.75, 3.05) is 151 Å². The number of likely N-dealkylation sites (N-methyl/N-ethyl adjacent to an activating group) is 2. The number of carbonyl (C=O) groups excluding carboxylic acids is 2. The summed E-state index contributed by atoms with van der Waals surface area (Å²) in [6.45, 7) is 11.7. The van der Waals surface area contributed by atoms with Crippen molar-refractivity contribution in [2.45, 2.75) is 88.5 Å². The Labute approximate surface area is 470 Å². The number of piperidine rings is 3. The molecule has 0 atom stereocenters. The van der Waals surface area contributed by atoms with Gasteiger partial charge in [-0.05, 0) is 192 Å². The number of nitrogens with two attached hydrogens (primary N) is 1. The molecular weight excluding hydrogens is 1010 g/mol. The Hall–Kier alpha value is -4.82. The summed E-state index contributed by atoms with van der Waals surface area (Å²) < 4.78 is 38.3. The molecular formula is C59H95ClN10O6S. The molecule has 77 heavy (non-hydrogen) atoms. The molecule has 3 aliphatic rings. The number of anilines is 3. The Kier molecular flexibility index (Phi) is 29.0. The van der Waals surface area contributed by atoms with Crippen molar-refractivity contribution in [3.8, 4) is 5.75 Å². The maximum Gasteiger partial charge on any atom is 0.248 e. The molecule has 4 aromatic rings. The molecule has 16 nitrogen and oxygen atoms in total. The lowest BCUT2D eigenvalue weighted by molar-refractivity contribution is -0.135. The average Bonchev–Trinajstić information content (AvgIpc) is 3.43. The van der Waals surface area contributed by atoms with E-state index in [1.54, 1.807) is 45.0 Å². The molecule has 0 bridgehead atoms. The maximum atomic E-state index is 13.1. The molecule has 430 valence electrons. The summed E-state index contributed by atoms with van der Waals surface area (Å²) in [7, 11) is 17.6. The number of hydrogen-bond donors (Lipinski definition) is 2. The van der Waals surface area contributed by atoms with Crippen LogP contribution in [0.3, 0.4) is 0 Å². The highest BCUT2D eigenvalue weighted by Crippen LogP contribution is 2.29. The van der Waals surface area contributed by atoms with Crippen LogP contribution in [0, 0.1) is 13.8 Å². The van der Waals surface area contributed by atoms with Gasteiger partial charge in [-0.15, -0.1) is 12.4 Å². The smallest absolute Gasteiger partial charge is 0.248 e. The summed E-state index contributed by atoms with van der Waals surface area (Å²) in [5.41, 5.74) is 12.7.